The number of carbonyl (C=O) groups is 1. The quantitative estimate of drug-likeness (QED) is 0.807. The van der Waals surface area contributed by atoms with Crippen LogP contribution in [0, 0.1) is 5.92 Å². The number of benzene rings is 2. The van der Waals surface area contributed by atoms with E-state index in [1.165, 1.54) is 0 Å². The molecule has 2 aromatic rings. The topological polar surface area (TPSA) is 53.6 Å². The molecule has 0 aromatic heterocycles. The van der Waals surface area contributed by atoms with Crippen molar-refractivity contribution in [2.24, 2.45) is 5.92 Å². The van der Waals surface area contributed by atoms with Crippen molar-refractivity contribution in [3.63, 3.8) is 0 Å². The molecule has 5 nitrogen and oxygen atoms in total. The van der Waals surface area contributed by atoms with Crippen molar-refractivity contribution in [1.29, 1.82) is 0 Å². The van der Waals surface area contributed by atoms with Crippen molar-refractivity contribution < 1.29 is 22.7 Å². The summed E-state index contributed by atoms with van der Waals surface area (Å²) in [5.74, 6) is -0.760. The number of halogens is 3. The van der Waals surface area contributed by atoms with Crippen molar-refractivity contribution in [3.05, 3.63) is 42.5 Å². The van der Waals surface area contributed by atoms with Gasteiger partial charge in [0.15, 0.2) is 6.61 Å². The highest BCUT2D eigenvalue weighted by Crippen LogP contribution is 2.36. The van der Waals surface area contributed by atoms with Crippen molar-refractivity contribution >= 4 is 28.7 Å². The lowest BCUT2D eigenvalue weighted by molar-refractivity contribution is -0.179. The summed E-state index contributed by atoms with van der Waals surface area (Å²) < 4.78 is 43.7. The second kappa shape index (κ2) is 7.26. The number of amides is 1. The monoisotopic (exact) mass is 391 g/mol. The van der Waals surface area contributed by atoms with Crippen molar-refractivity contribution in [2.45, 2.75) is 19.0 Å². The molecule has 0 aliphatic carbocycles. The Bertz CT molecular complexity index is 860. The fourth-order valence-corrected chi connectivity index (χ4v) is 3.55. The summed E-state index contributed by atoms with van der Waals surface area (Å²) in [6, 6.07) is 13.0. The number of hydrogen-bond donors (Lipinski definition) is 2. The molecule has 2 aliphatic heterocycles. The molecular formula is C20H20F3N3O2. The van der Waals surface area contributed by atoms with Crippen LogP contribution < -0.4 is 20.3 Å². The lowest BCUT2D eigenvalue weighted by Gasteiger charge is -2.34. The minimum atomic E-state index is -4.10. The van der Waals surface area contributed by atoms with Gasteiger partial charge in [-0.15, -0.1) is 0 Å². The highest BCUT2D eigenvalue weighted by Gasteiger charge is 2.41. The average Bonchev–Trinajstić information content (AvgIpc) is 2.68. The van der Waals surface area contributed by atoms with Gasteiger partial charge >= 0.3 is 6.18 Å². The minimum absolute atomic E-state index is 0.0153. The number of anilines is 4. The first-order valence-corrected chi connectivity index (χ1v) is 9.14. The fraction of sp³-hybridized carbons (Fsp3) is 0.350. The van der Waals surface area contributed by atoms with Crippen LogP contribution in [0.15, 0.2) is 42.5 Å². The largest absolute Gasteiger partial charge is 0.482 e. The predicted octanol–water partition coefficient (Wildman–Crippen LogP) is 4.54. The van der Waals surface area contributed by atoms with E-state index in [0.717, 1.165) is 17.1 Å². The highest BCUT2D eigenvalue weighted by molar-refractivity contribution is 5.96. The first-order chi connectivity index (χ1) is 13.4. The molecule has 8 heteroatoms. The van der Waals surface area contributed by atoms with Crippen LogP contribution in [-0.4, -0.2) is 31.8 Å². The van der Waals surface area contributed by atoms with Gasteiger partial charge in [-0.3, -0.25) is 4.79 Å². The molecular weight excluding hydrogens is 371 g/mol. The lowest BCUT2D eigenvalue weighted by atomic mass is 9.96. The molecule has 148 valence electrons. The van der Waals surface area contributed by atoms with E-state index in [-0.39, 0.29) is 25.4 Å². The Morgan fingerprint density at radius 3 is 2.39 bits per heavy atom. The smallest absolute Gasteiger partial charge is 0.391 e. The Kier molecular flexibility index (Phi) is 4.78. The molecule has 2 aliphatic rings. The van der Waals surface area contributed by atoms with Crippen LogP contribution in [0.2, 0.25) is 0 Å². The molecule has 0 bridgehead atoms. The molecule has 0 radical (unpaired) electrons. The Hall–Kier alpha value is -2.90. The van der Waals surface area contributed by atoms with Crippen LogP contribution >= 0.6 is 0 Å². The van der Waals surface area contributed by atoms with Crippen LogP contribution in [-0.2, 0) is 4.79 Å². The van der Waals surface area contributed by atoms with Gasteiger partial charge in [-0.2, -0.15) is 13.2 Å². The lowest BCUT2D eigenvalue weighted by Crippen LogP contribution is -2.38. The third-order valence-electron chi connectivity index (χ3n) is 5.09. The van der Waals surface area contributed by atoms with E-state index in [1.54, 1.807) is 12.1 Å². The zero-order valence-electron chi connectivity index (χ0n) is 15.1. The predicted molar refractivity (Wildman–Crippen MR) is 101 cm³/mol. The minimum Gasteiger partial charge on any atom is -0.482 e. The van der Waals surface area contributed by atoms with Crippen LogP contribution in [0.25, 0.3) is 0 Å². The van der Waals surface area contributed by atoms with Gasteiger partial charge in [0.1, 0.15) is 5.75 Å². The Morgan fingerprint density at radius 2 is 1.71 bits per heavy atom. The Labute approximate surface area is 160 Å². The van der Waals surface area contributed by atoms with Gasteiger partial charge in [0.25, 0.3) is 5.91 Å². The van der Waals surface area contributed by atoms with Gasteiger partial charge < -0.3 is 20.3 Å². The molecule has 2 aromatic carbocycles. The number of nitrogens with zero attached hydrogens (tertiary/aromatic N) is 1. The fourth-order valence-electron chi connectivity index (χ4n) is 3.55. The second-order valence-corrected chi connectivity index (χ2v) is 7.02. The summed E-state index contributed by atoms with van der Waals surface area (Å²) in [4.78, 5) is 13.4. The molecule has 1 fully saturated rings. The summed E-state index contributed by atoms with van der Waals surface area (Å²) in [6.45, 7) is 0.824. The molecule has 1 amide bonds. The van der Waals surface area contributed by atoms with E-state index in [9.17, 15) is 18.0 Å². The molecule has 2 heterocycles. The SMILES string of the molecule is O=C1COc2ccc(Nc3ccc(N4CCC(C(F)(F)F)CC4)cc3)cc2N1. The number of nitrogens with one attached hydrogen (secondary N) is 2. The Morgan fingerprint density at radius 1 is 1.04 bits per heavy atom. The summed E-state index contributed by atoms with van der Waals surface area (Å²) in [5, 5.41) is 6.01. The van der Waals surface area contributed by atoms with Crippen molar-refractivity contribution in [2.75, 3.05) is 35.2 Å². The van der Waals surface area contributed by atoms with E-state index in [0.29, 0.717) is 24.5 Å². The molecule has 0 atom stereocenters. The number of piperidine rings is 1. The molecule has 2 N–H and O–H groups in total. The first-order valence-electron chi connectivity index (χ1n) is 9.14. The first kappa shape index (κ1) is 18.5. The van der Waals surface area contributed by atoms with E-state index in [2.05, 4.69) is 10.6 Å². The van der Waals surface area contributed by atoms with Gasteiger partial charge in [0, 0.05) is 30.2 Å². The third kappa shape index (κ3) is 4.00. The van der Waals surface area contributed by atoms with E-state index in [1.807, 2.05) is 35.2 Å². The van der Waals surface area contributed by atoms with Crippen LogP contribution in [0.5, 0.6) is 5.75 Å². The third-order valence-corrected chi connectivity index (χ3v) is 5.09. The van der Waals surface area contributed by atoms with E-state index >= 15 is 0 Å². The number of ether oxygens (including phenoxy) is 1. The van der Waals surface area contributed by atoms with Crippen LogP contribution in [0.4, 0.5) is 35.9 Å². The van der Waals surface area contributed by atoms with Gasteiger partial charge in [0.2, 0.25) is 0 Å². The summed E-state index contributed by atoms with van der Waals surface area (Å²) >= 11 is 0. The maximum absolute atomic E-state index is 12.8. The van der Waals surface area contributed by atoms with Gasteiger partial charge in [0.05, 0.1) is 11.6 Å². The van der Waals surface area contributed by atoms with Gasteiger partial charge in [-0.1, -0.05) is 0 Å². The Balaban J connectivity index is 1.39. The van der Waals surface area contributed by atoms with Gasteiger partial charge in [-0.05, 0) is 55.3 Å². The molecule has 0 unspecified atom stereocenters. The summed E-state index contributed by atoms with van der Waals surface area (Å²) in [6.07, 6.45) is -3.84. The molecule has 1 saturated heterocycles. The van der Waals surface area contributed by atoms with E-state index in [4.69, 9.17) is 4.74 Å². The average molecular weight is 391 g/mol. The molecule has 0 spiro atoms. The number of rotatable bonds is 3. The molecule has 28 heavy (non-hydrogen) atoms. The van der Waals surface area contributed by atoms with Crippen LogP contribution in [0.1, 0.15) is 12.8 Å². The maximum atomic E-state index is 12.8. The zero-order chi connectivity index (χ0) is 19.7. The van der Waals surface area contributed by atoms with Gasteiger partial charge in [-0.25, -0.2) is 0 Å². The zero-order valence-corrected chi connectivity index (χ0v) is 15.1. The second-order valence-electron chi connectivity index (χ2n) is 7.02. The highest BCUT2D eigenvalue weighted by atomic mass is 19.4. The van der Waals surface area contributed by atoms with Crippen molar-refractivity contribution in [1.82, 2.24) is 0 Å². The summed E-state index contributed by atoms with van der Waals surface area (Å²) in [5.41, 5.74) is 3.17. The molecule has 4 rings (SSSR count). The number of carbonyl (C=O) groups excluding carboxylic acids is 1. The number of alkyl halides is 3. The normalized spacial score (nSPS) is 17.5. The molecule has 0 saturated carbocycles. The van der Waals surface area contributed by atoms with Crippen LogP contribution in [0.3, 0.4) is 0 Å². The summed E-state index contributed by atoms with van der Waals surface area (Å²) in [7, 11) is 0. The standard InChI is InChI=1S/C20H20F3N3O2/c21-20(22,23)13-7-9-26(10-8-13)16-4-1-14(2-5-16)24-15-3-6-18-17(11-15)25-19(27)12-28-18/h1-6,11,13,24H,7-10,12H2,(H,25,27). The number of fused-ring (bicyclic) bond motifs is 1. The van der Waals surface area contributed by atoms with E-state index < -0.39 is 12.1 Å². The number of hydrogen-bond acceptors (Lipinski definition) is 4. The van der Waals surface area contributed by atoms with Crippen molar-refractivity contribution in [3.8, 4) is 5.75 Å². The maximum Gasteiger partial charge on any atom is 0.391 e.